The van der Waals surface area contributed by atoms with E-state index in [0.29, 0.717) is 10.4 Å². The summed E-state index contributed by atoms with van der Waals surface area (Å²) in [7, 11) is 0. The molecule has 0 saturated carbocycles. The SMILES string of the molecule is CC(=O)C(c1ccc(-c2ccc(F)cc2F)s1)N1CCN(C(c2ccccc2)c2ccccc2)CC1. The molecule has 2 heterocycles. The van der Waals surface area contributed by atoms with Gasteiger partial charge in [0.15, 0.2) is 5.78 Å². The van der Waals surface area contributed by atoms with Crippen LogP contribution in [0.1, 0.15) is 35.0 Å². The molecule has 0 bridgehead atoms. The first-order chi connectivity index (χ1) is 17.5. The average molecular weight is 503 g/mol. The molecule has 1 aromatic heterocycles. The predicted octanol–water partition coefficient (Wildman–Crippen LogP) is 6.73. The van der Waals surface area contributed by atoms with E-state index in [1.165, 1.54) is 34.6 Å². The molecule has 36 heavy (non-hydrogen) atoms. The van der Waals surface area contributed by atoms with Gasteiger partial charge in [-0.15, -0.1) is 11.3 Å². The van der Waals surface area contributed by atoms with Crippen molar-refractivity contribution in [3.8, 4) is 10.4 Å². The smallest absolute Gasteiger partial charge is 0.152 e. The van der Waals surface area contributed by atoms with E-state index >= 15 is 0 Å². The van der Waals surface area contributed by atoms with Crippen molar-refractivity contribution in [2.45, 2.75) is 19.0 Å². The van der Waals surface area contributed by atoms with Crippen molar-refractivity contribution in [3.05, 3.63) is 119 Å². The lowest BCUT2D eigenvalue weighted by Crippen LogP contribution is -2.50. The number of rotatable bonds is 7. The number of halogens is 2. The van der Waals surface area contributed by atoms with Crippen molar-refractivity contribution in [2.24, 2.45) is 0 Å². The minimum atomic E-state index is -0.600. The summed E-state index contributed by atoms with van der Waals surface area (Å²) in [5.41, 5.74) is 2.86. The van der Waals surface area contributed by atoms with Crippen LogP contribution in [0.5, 0.6) is 0 Å². The first kappa shape index (κ1) is 24.5. The minimum Gasteiger partial charge on any atom is -0.298 e. The molecular formula is C30H28F2N2OS. The maximum absolute atomic E-state index is 14.3. The van der Waals surface area contributed by atoms with Gasteiger partial charge in [0.05, 0.1) is 6.04 Å². The molecule has 6 heteroatoms. The molecule has 3 nitrogen and oxygen atoms in total. The molecule has 0 spiro atoms. The van der Waals surface area contributed by atoms with Crippen molar-refractivity contribution in [2.75, 3.05) is 26.2 Å². The van der Waals surface area contributed by atoms with Crippen molar-refractivity contribution in [1.29, 1.82) is 0 Å². The summed E-state index contributed by atoms with van der Waals surface area (Å²) in [6.45, 7) is 4.76. The summed E-state index contributed by atoms with van der Waals surface area (Å²) in [5, 5.41) is 0. The topological polar surface area (TPSA) is 23.6 Å². The molecule has 0 radical (unpaired) electrons. The van der Waals surface area contributed by atoms with Crippen LogP contribution in [0.25, 0.3) is 10.4 Å². The van der Waals surface area contributed by atoms with Gasteiger partial charge >= 0.3 is 0 Å². The van der Waals surface area contributed by atoms with Gasteiger partial charge in [0, 0.05) is 47.6 Å². The zero-order chi connectivity index (χ0) is 25.1. The van der Waals surface area contributed by atoms with Crippen molar-refractivity contribution in [1.82, 2.24) is 9.80 Å². The highest BCUT2D eigenvalue weighted by Crippen LogP contribution is 2.37. The standard InChI is InChI=1S/C30H28F2N2OS/c1-21(35)29(28-15-14-27(36-28)25-13-12-24(31)20-26(25)32)33-16-18-34(19-17-33)30(22-8-4-2-5-9-22)23-10-6-3-7-11-23/h2-15,20,29-30H,16-19H2,1H3. The Labute approximate surface area is 214 Å². The Kier molecular flexibility index (Phi) is 7.37. The lowest BCUT2D eigenvalue weighted by atomic mass is 9.96. The molecular weight excluding hydrogens is 474 g/mol. The van der Waals surface area contributed by atoms with Gasteiger partial charge in [0.2, 0.25) is 0 Å². The Bertz CT molecular complexity index is 1280. The first-order valence-corrected chi connectivity index (χ1v) is 13.0. The number of hydrogen-bond donors (Lipinski definition) is 0. The van der Waals surface area contributed by atoms with Crippen LogP contribution >= 0.6 is 11.3 Å². The first-order valence-electron chi connectivity index (χ1n) is 12.1. The molecule has 1 unspecified atom stereocenters. The van der Waals surface area contributed by atoms with Gasteiger partial charge in [-0.3, -0.25) is 14.6 Å². The fraction of sp³-hybridized carbons (Fsp3) is 0.233. The number of carbonyl (C=O) groups is 1. The van der Waals surface area contributed by atoms with Crippen LogP contribution in [0.2, 0.25) is 0 Å². The third-order valence-corrected chi connectivity index (χ3v) is 7.96. The molecule has 5 rings (SSSR count). The summed E-state index contributed by atoms with van der Waals surface area (Å²) in [5.74, 6) is -1.12. The van der Waals surface area contributed by atoms with Gasteiger partial charge in [0.25, 0.3) is 0 Å². The van der Waals surface area contributed by atoms with E-state index in [4.69, 9.17) is 0 Å². The molecule has 1 atom stereocenters. The quantitative estimate of drug-likeness (QED) is 0.280. The fourth-order valence-corrected chi connectivity index (χ4v) is 6.34. The highest BCUT2D eigenvalue weighted by molar-refractivity contribution is 7.15. The van der Waals surface area contributed by atoms with Crippen LogP contribution in [0, 0.1) is 11.6 Å². The molecule has 0 aliphatic carbocycles. The number of nitrogens with zero attached hydrogens (tertiary/aromatic N) is 2. The summed E-state index contributed by atoms with van der Waals surface area (Å²) in [6.07, 6.45) is 0. The third-order valence-electron chi connectivity index (χ3n) is 6.79. The number of benzene rings is 3. The van der Waals surface area contributed by atoms with E-state index < -0.39 is 11.6 Å². The Balaban J connectivity index is 1.35. The molecule has 1 fully saturated rings. The molecule has 0 amide bonds. The zero-order valence-corrected chi connectivity index (χ0v) is 20.9. The zero-order valence-electron chi connectivity index (χ0n) is 20.1. The van der Waals surface area contributed by atoms with Crippen LogP contribution in [0.15, 0.2) is 91.0 Å². The largest absolute Gasteiger partial charge is 0.298 e. The van der Waals surface area contributed by atoms with Crippen LogP contribution < -0.4 is 0 Å². The molecule has 3 aromatic carbocycles. The van der Waals surface area contributed by atoms with Gasteiger partial charge in [-0.2, -0.15) is 0 Å². The normalized spacial score (nSPS) is 15.8. The van der Waals surface area contributed by atoms with E-state index in [1.807, 2.05) is 24.3 Å². The van der Waals surface area contributed by atoms with Gasteiger partial charge in [-0.25, -0.2) is 8.78 Å². The van der Waals surface area contributed by atoms with Gasteiger partial charge in [-0.1, -0.05) is 60.7 Å². The monoisotopic (exact) mass is 502 g/mol. The number of carbonyl (C=O) groups excluding carboxylic acids is 1. The van der Waals surface area contributed by atoms with Crippen molar-refractivity contribution < 1.29 is 13.6 Å². The Morgan fingerprint density at radius 2 is 1.36 bits per heavy atom. The van der Waals surface area contributed by atoms with Crippen LogP contribution in [-0.2, 0) is 4.79 Å². The lowest BCUT2D eigenvalue weighted by Gasteiger charge is -2.42. The van der Waals surface area contributed by atoms with E-state index in [0.717, 1.165) is 37.1 Å². The lowest BCUT2D eigenvalue weighted by molar-refractivity contribution is -0.123. The highest BCUT2D eigenvalue weighted by atomic mass is 32.1. The number of ketones is 1. The second kappa shape index (κ2) is 10.8. The maximum atomic E-state index is 14.3. The van der Waals surface area contributed by atoms with Crippen LogP contribution in [-0.4, -0.2) is 41.8 Å². The highest BCUT2D eigenvalue weighted by Gasteiger charge is 2.32. The van der Waals surface area contributed by atoms with Gasteiger partial charge < -0.3 is 0 Å². The summed E-state index contributed by atoms with van der Waals surface area (Å²) >= 11 is 1.40. The molecule has 184 valence electrons. The predicted molar refractivity (Wildman–Crippen MR) is 141 cm³/mol. The average Bonchev–Trinajstić information content (AvgIpc) is 3.35. The molecule has 4 aromatic rings. The fourth-order valence-electron chi connectivity index (χ4n) is 5.11. The third kappa shape index (κ3) is 5.16. The number of thiophene rings is 1. The second-order valence-corrected chi connectivity index (χ2v) is 10.3. The molecule has 0 N–H and O–H groups in total. The number of piperazine rings is 1. The van der Waals surface area contributed by atoms with Crippen LogP contribution in [0.4, 0.5) is 8.78 Å². The Morgan fingerprint density at radius 1 is 0.778 bits per heavy atom. The summed E-state index contributed by atoms with van der Waals surface area (Å²) in [6, 6.07) is 28.2. The minimum absolute atomic E-state index is 0.0686. The second-order valence-electron chi connectivity index (χ2n) is 9.14. The maximum Gasteiger partial charge on any atom is 0.152 e. The van der Waals surface area contributed by atoms with E-state index in [1.54, 1.807) is 6.92 Å². The van der Waals surface area contributed by atoms with E-state index in [-0.39, 0.29) is 17.9 Å². The van der Waals surface area contributed by atoms with Crippen molar-refractivity contribution >= 4 is 17.1 Å². The van der Waals surface area contributed by atoms with Crippen LogP contribution in [0.3, 0.4) is 0 Å². The number of hydrogen-bond acceptors (Lipinski definition) is 4. The van der Waals surface area contributed by atoms with E-state index in [9.17, 15) is 13.6 Å². The summed E-state index contributed by atoms with van der Waals surface area (Å²) in [4.78, 5) is 19.1. The van der Waals surface area contributed by atoms with Crippen molar-refractivity contribution in [3.63, 3.8) is 0 Å². The summed E-state index contributed by atoms with van der Waals surface area (Å²) < 4.78 is 27.7. The van der Waals surface area contributed by atoms with Gasteiger partial charge in [0.1, 0.15) is 17.7 Å². The van der Waals surface area contributed by atoms with Gasteiger partial charge in [-0.05, 0) is 42.3 Å². The molecule has 1 aliphatic rings. The Hall–Kier alpha value is -3.19. The molecule has 1 aliphatic heterocycles. The number of Topliss-reactive ketones (excluding diaryl/α,β-unsaturated/α-hetero) is 1. The molecule has 1 saturated heterocycles. The van der Waals surface area contributed by atoms with E-state index in [2.05, 4.69) is 58.3 Å². The Morgan fingerprint density at radius 3 is 1.92 bits per heavy atom.